The van der Waals surface area contributed by atoms with Crippen molar-refractivity contribution < 1.29 is 9.53 Å². The molecule has 0 aromatic heterocycles. The fourth-order valence-corrected chi connectivity index (χ4v) is 1.26. The summed E-state index contributed by atoms with van der Waals surface area (Å²) >= 11 is 0. The highest BCUT2D eigenvalue weighted by molar-refractivity contribution is 5.65. The Hall–Kier alpha value is -1.05. The Labute approximate surface area is 99.4 Å². The van der Waals surface area contributed by atoms with Gasteiger partial charge in [0.15, 0.2) is 0 Å². The van der Waals surface area contributed by atoms with Gasteiger partial charge in [0.1, 0.15) is 0 Å². The highest BCUT2D eigenvalue weighted by Gasteiger charge is 1.88. The molecule has 92 valence electrons. The first-order valence-corrected chi connectivity index (χ1v) is 6.20. The van der Waals surface area contributed by atoms with Crippen molar-refractivity contribution in [3.05, 3.63) is 24.3 Å². The number of ether oxygens (including phenoxy) is 1. The van der Waals surface area contributed by atoms with Crippen LogP contribution >= 0.6 is 0 Å². The van der Waals surface area contributed by atoms with Gasteiger partial charge >= 0.3 is 5.97 Å². The molecule has 0 aromatic rings. The molecule has 0 atom stereocenters. The molecule has 0 amide bonds. The number of hydrogen-bond acceptors (Lipinski definition) is 2. The van der Waals surface area contributed by atoms with Crippen LogP contribution in [0.15, 0.2) is 24.3 Å². The standard InChI is InChI=1S/C14H24O2/c1-3-4-5-6-7-8-9-10-11-12-13-16-14(2)15/h6-7,10-11H,3-5,8-9,12-13H2,1-2H3/b7-6+,11-10+. The molecule has 0 saturated heterocycles. The summed E-state index contributed by atoms with van der Waals surface area (Å²) in [6.45, 7) is 4.14. The van der Waals surface area contributed by atoms with Gasteiger partial charge in [-0.1, -0.05) is 44.1 Å². The first-order valence-electron chi connectivity index (χ1n) is 6.20. The minimum Gasteiger partial charge on any atom is -0.466 e. The van der Waals surface area contributed by atoms with Gasteiger partial charge in [-0.15, -0.1) is 0 Å². The molecule has 0 unspecified atom stereocenters. The fourth-order valence-electron chi connectivity index (χ4n) is 1.26. The van der Waals surface area contributed by atoms with Gasteiger partial charge in [0.2, 0.25) is 0 Å². The van der Waals surface area contributed by atoms with E-state index in [1.54, 1.807) is 0 Å². The van der Waals surface area contributed by atoms with Crippen molar-refractivity contribution in [2.45, 2.75) is 52.4 Å². The summed E-state index contributed by atoms with van der Waals surface area (Å²) in [6.07, 6.45) is 15.5. The lowest BCUT2D eigenvalue weighted by Crippen LogP contribution is -1.98. The zero-order valence-electron chi connectivity index (χ0n) is 10.6. The number of allylic oxidation sites excluding steroid dienone is 3. The van der Waals surface area contributed by atoms with Gasteiger partial charge in [0, 0.05) is 6.92 Å². The van der Waals surface area contributed by atoms with Gasteiger partial charge in [0.05, 0.1) is 6.61 Å². The van der Waals surface area contributed by atoms with Gasteiger partial charge in [-0.3, -0.25) is 4.79 Å². The van der Waals surface area contributed by atoms with E-state index in [4.69, 9.17) is 4.74 Å². The van der Waals surface area contributed by atoms with E-state index >= 15 is 0 Å². The van der Waals surface area contributed by atoms with Crippen molar-refractivity contribution >= 4 is 5.97 Å². The highest BCUT2D eigenvalue weighted by atomic mass is 16.5. The van der Waals surface area contributed by atoms with E-state index in [9.17, 15) is 4.79 Å². The van der Waals surface area contributed by atoms with E-state index in [1.165, 1.54) is 26.2 Å². The van der Waals surface area contributed by atoms with Crippen molar-refractivity contribution in [2.75, 3.05) is 6.61 Å². The first kappa shape index (κ1) is 14.9. The number of carbonyl (C=O) groups is 1. The zero-order valence-corrected chi connectivity index (χ0v) is 10.6. The largest absolute Gasteiger partial charge is 0.466 e. The summed E-state index contributed by atoms with van der Waals surface area (Å²) in [5.41, 5.74) is 0. The molecular formula is C14H24O2. The molecule has 0 heterocycles. The van der Waals surface area contributed by atoms with Crippen LogP contribution in [0.1, 0.15) is 52.4 Å². The van der Waals surface area contributed by atoms with Gasteiger partial charge in [0.25, 0.3) is 0 Å². The molecule has 0 aromatic carbocycles. The SMILES string of the molecule is CCCC/C=C/CC/C=C/CCOC(C)=O. The van der Waals surface area contributed by atoms with Crippen molar-refractivity contribution in [1.29, 1.82) is 0 Å². The van der Waals surface area contributed by atoms with Crippen molar-refractivity contribution in [3.8, 4) is 0 Å². The third kappa shape index (κ3) is 12.9. The number of esters is 1. The number of rotatable bonds is 9. The first-order chi connectivity index (χ1) is 7.77. The van der Waals surface area contributed by atoms with E-state index in [1.807, 2.05) is 0 Å². The Balaban J connectivity index is 3.21. The van der Waals surface area contributed by atoms with Gasteiger partial charge in [-0.25, -0.2) is 0 Å². The summed E-state index contributed by atoms with van der Waals surface area (Å²) in [5, 5.41) is 0. The van der Waals surface area contributed by atoms with Crippen LogP contribution in [0.3, 0.4) is 0 Å². The van der Waals surface area contributed by atoms with E-state index in [2.05, 4.69) is 31.2 Å². The van der Waals surface area contributed by atoms with E-state index in [-0.39, 0.29) is 5.97 Å². The molecule has 0 aliphatic heterocycles. The molecule has 0 bridgehead atoms. The van der Waals surface area contributed by atoms with Crippen LogP contribution in [0.4, 0.5) is 0 Å². The predicted octanol–water partition coefficient (Wildman–Crippen LogP) is 4.02. The Morgan fingerprint density at radius 3 is 2.12 bits per heavy atom. The van der Waals surface area contributed by atoms with E-state index in [0.717, 1.165) is 19.3 Å². The Bertz CT molecular complexity index is 217. The van der Waals surface area contributed by atoms with E-state index < -0.39 is 0 Å². The Morgan fingerprint density at radius 2 is 1.56 bits per heavy atom. The summed E-state index contributed by atoms with van der Waals surface area (Å²) in [7, 11) is 0. The molecule has 0 aliphatic rings. The minimum atomic E-state index is -0.202. The average molecular weight is 224 g/mol. The second-order valence-corrected chi connectivity index (χ2v) is 3.79. The van der Waals surface area contributed by atoms with Crippen LogP contribution in [0.5, 0.6) is 0 Å². The smallest absolute Gasteiger partial charge is 0.302 e. The maximum atomic E-state index is 10.4. The summed E-state index contributed by atoms with van der Waals surface area (Å²) < 4.78 is 4.81. The van der Waals surface area contributed by atoms with E-state index in [0.29, 0.717) is 6.61 Å². The maximum Gasteiger partial charge on any atom is 0.302 e. The predicted molar refractivity (Wildman–Crippen MR) is 68.3 cm³/mol. The lowest BCUT2D eigenvalue weighted by molar-refractivity contribution is -0.140. The Morgan fingerprint density at radius 1 is 1.00 bits per heavy atom. The van der Waals surface area contributed by atoms with Crippen LogP contribution < -0.4 is 0 Å². The summed E-state index contributed by atoms with van der Waals surface area (Å²) in [5.74, 6) is -0.202. The molecule has 0 spiro atoms. The molecule has 2 nitrogen and oxygen atoms in total. The second kappa shape index (κ2) is 12.0. The zero-order chi connectivity index (χ0) is 12.1. The third-order valence-electron chi connectivity index (χ3n) is 2.15. The summed E-state index contributed by atoms with van der Waals surface area (Å²) in [6, 6.07) is 0. The van der Waals surface area contributed by atoms with Crippen LogP contribution in [0.25, 0.3) is 0 Å². The molecule has 0 aliphatic carbocycles. The molecule has 0 fully saturated rings. The molecule has 0 rings (SSSR count). The molecule has 2 heteroatoms. The lowest BCUT2D eigenvalue weighted by atomic mass is 10.2. The normalized spacial score (nSPS) is 11.4. The quantitative estimate of drug-likeness (QED) is 0.336. The third-order valence-corrected chi connectivity index (χ3v) is 2.15. The van der Waals surface area contributed by atoms with Crippen LogP contribution in [0, 0.1) is 0 Å². The topological polar surface area (TPSA) is 26.3 Å². The number of hydrogen-bond donors (Lipinski definition) is 0. The number of carbonyl (C=O) groups excluding carboxylic acids is 1. The second-order valence-electron chi connectivity index (χ2n) is 3.79. The minimum absolute atomic E-state index is 0.202. The van der Waals surface area contributed by atoms with Crippen molar-refractivity contribution in [1.82, 2.24) is 0 Å². The molecule has 16 heavy (non-hydrogen) atoms. The van der Waals surface area contributed by atoms with Crippen LogP contribution in [-0.4, -0.2) is 12.6 Å². The van der Waals surface area contributed by atoms with Crippen molar-refractivity contribution in [2.24, 2.45) is 0 Å². The lowest BCUT2D eigenvalue weighted by Gasteiger charge is -1.96. The molecule has 0 radical (unpaired) electrons. The van der Waals surface area contributed by atoms with Gasteiger partial charge in [-0.2, -0.15) is 0 Å². The molecule has 0 saturated carbocycles. The van der Waals surface area contributed by atoms with Gasteiger partial charge in [-0.05, 0) is 25.7 Å². The molecular weight excluding hydrogens is 200 g/mol. The van der Waals surface area contributed by atoms with Crippen LogP contribution in [-0.2, 0) is 9.53 Å². The maximum absolute atomic E-state index is 10.4. The fraction of sp³-hybridized carbons (Fsp3) is 0.643. The van der Waals surface area contributed by atoms with Gasteiger partial charge < -0.3 is 4.74 Å². The summed E-state index contributed by atoms with van der Waals surface area (Å²) in [4.78, 5) is 10.4. The average Bonchev–Trinajstić information content (AvgIpc) is 2.25. The molecule has 0 N–H and O–H groups in total. The number of unbranched alkanes of at least 4 members (excludes halogenated alkanes) is 3. The highest BCUT2D eigenvalue weighted by Crippen LogP contribution is 1.99. The monoisotopic (exact) mass is 224 g/mol. The Kier molecular flexibility index (Phi) is 11.2. The van der Waals surface area contributed by atoms with Crippen LogP contribution in [0.2, 0.25) is 0 Å². The van der Waals surface area contributed by atoms with Crippen molar-refractivity contribution in [3.63, 3.8) is 0 Å².